The normalized spacial score (nSPS) is 13.2. The van der Waals surface area contributed by atoms with E-state index in [9.17, 15) is 0 Å². The van der Waals surface area contributed by atoms with Gasteiger partial charge in [-0.25, -0.2) is 15.0 Å². The summed E-state index contributed by atoms with van der Waals surface area (Å²) >= 11 is 1.47. The van der Waals surface area contributed by atoms with Crippen LogP contribution in [0.5, 0.6) is 0 Å². The number of ether oxygens (including phenoxy) is 1. The number of hydrogen-bond donors (Lipinski definition) is 0. The smallest absolute Gasteiger partial charge is 0.130 e. The Morgan fingerprint density at radius 3 is 1.32 bits per heavy atom. The number of hydrogen-bond acceptors (Lipinski definition) is 9. The Morgan fingerprint density at radius 1 is 0.479 bits per heavy atom. The summed E-state index contributed by atoms with van der Waals surface area (Å²) in [6.45, 7) is 37.0. The number of benzene rings is 2. The van der Waals surface area contributed by atoms with Crippen molar-refractivity contribution in [1.82, 2.24) is 34.3 Å². The Balaban J connectivity index is 0.000000406. The topological polar surface area (TPSA) is 99.5 Å². The standard InChI is InChI=1S/C10H14.C9H12.C8H11N.C8H16O.C8H16.2C7H10N2.C5H8N2S/c1-9(2)8-10-6-4-3-5-7-10;1-8(2)9-6-4-3-5-7-9;1-7(2)8-5-3-4-6-9-8;1-7(2)8-3-5-9-6-4-8;1-7(2)8-5-3-4-6-8;1-6(2)7-5-8-3-4-9-7;1-6(2)7-8-4-3-5-9-7;1-4(2)5-6-3-7-8-5/h3-7,9H,8H2,1-2H3;3-8H,1-2H3;3-7H,1-2H3;7-8H,3-6H2,1-2H3;7-8H,3-6H2,1-2H3;2*3-6H,1-2H3;3-4H,1-2H3. The zero-order chi connectivity index (χ0) is 52.8. The molecule has 1 aliphatic carbocycles. The molecule has 6 aromatic rings. The van der Waals surface area contributed by atoms with Crippen molar-refractivity contribution in [2.45, 2.75) is 185 Å². The molecule has 0 amide bonds. The van der Waals surface area contributed by atoms with Crippen LogP contribution in [0.4, 0.5) is 0 Å². The molecule has 392 valence electrons. The third kappa shape index (κ3) is 32.8. The number of rotatable bonds is 9. The molecular weight excluding hydrogens is 891 g/mol. The summed E-state index contributed by atoms with van der Waals surface area (Å²) in [5.74, 6) is 8.13. The van der Waals surface area contributed by atoms with Crippen LogP contribution in [0.1, 0.15) is 212 Å². The molecule has 8 nitrogen and oxygen atoms in total. The zero-order valence-electron chi connectivity index (χ0n) is 47.2. The second-order valence-corrected chi connectivity index (χ2v) is 21.8. The molecule has 4 aromatic heterocycles. The van der Waals surface area contributed by atoms with Gasteiger partial charge in [-0.05, 0) is 107 Å². The molecule has 2 aromatic carbocycles. The molecule has 9 heteroatoms. The maximum atomic E-state index is 5.25. The predicted molar refractivity (Wildman–Crippen MR) is 305 cm³/mol. The van der Waals surface area contributed by atoms with Crippen molar-refractivity contribution < 1.29 is 4.74 Å². The average Bonchev–Trinajstić information content (AvgIpc) is 4.14. The summed E-state index contributed by atoms with van der Waals surface area (Å²) in [5.41, 5.74) is 5.07. The molecule has 5 heterocycles. The van der Waals surface area contributed by atoms with Gasteiger partial charge in [-0.2, -0.15) is 4.37 Å². The fourth-order valence-electron chi connectivity index (χ4n) is 7.30. The minimum absolute atomic E-state index is 0.436. The van der Waals surface area contributed by atoms with Crippen LogP contribution in [0.25, 0.3) is 0 Å². The summed E-state index contributed by atoms with van der Waals surface area (Å²) in [4.78, 5) is 24.4. The van der Waals surface area contributed by atoms with Crippen molar-refractivity contribution in [2.24, 2.45) is 29.6 Å². The number of pyridine rings is 1. The van der Waals surface area contributed by atoms with Gasteiger partial charge in [0.2, 0.25) is 0 Å². The first-order valence-electron chi connectivity index (χ1n) is 26.8. The van der Waals surface area contributed by atoms with Gasteiger partial charge in [0.1, 0.15) is 17.2 Å². The van der Waals surface area contributed by atoms with E-state index in [0.29, 0.717) is 29.6 Å². The van der Waals surface area contributed by atoms with Gasteiger partial charge in [-0.3, -0.25) is 15.0 Å². The van der Waals surface area contributed by atoms with Crippen molar-refractivity contribution >= 4 is 11.5 Å². The Labute approximate surface area is 438 Å². The highest BCUT2D eigenvalue weighted by molar-refractivity contribution is 7.05. The first-order valence-corrected chi connectivity index (χ1v) is 27.6. The lowest BCUT2D eigenvalue weighted by molar-refractivity contribution is 0.0523. The third-order valence-electron chi connectivity index (χ3n) is 11.9. The molecule has 1 aliphatic heterocycles. The SMILES string of the molecule is CC(C)C1CCCC1.CC(C)C1CCOCC1.CC(C)Cc1ccccc1.CC(C)c1ccccc1.CC(C)c1ccccn1.CC(C)c1cnccn1.CC(C)c1ncccn1.CC(C)c1ncns1. The summed E-state index contributed by atoms with van der Waals surface area (Å²) < 4.78 is 9.12. The lowest BCUT2D eigenvalue weighted by Gasteiger charge is -2.24. The van der Waals surface area contributed by atoms with Crippen molar-refractivity contribution in [3.63, 3.8) is 0 Å². The van der Waals surface area contributed by atoms with Crippen LogP contribution in [0.3, 0.4) is 0 Å². The highest BCUT2D eigenvalue weighted by Gasteiger charge is 2.17. The minimum atomic E-state index is 0.436. The Hall–Kier alpha value is -4.73. The van der Waals surface area contributed by atoms with E-state index >= 15 is 0 Å². The maximum absolute atomic E-state index is 5.25. The third-order valence-corrected chi connectivity index (χ3v) is 12.9. The summed E-state index contributed by atoms with van der Waals surface area (Å²) in [5, 5.41) is 1.12. The molecule has 1 saturated carbocycles. The molecule has 0 spiro atoms. The highest BCUT2D eigenvalue weighted by Crippen LogP contribution is 2.30. The molecule has 2 fully saturated rings. The lowest BCUT2D eigenvalue weighted by Crippen LogP contribution is -2.19. The van der Waals surface area contributed by atoms with Gasteiger partial charge >= 0.3 is 0 Å². The fraction of sp³-hybridized carbons (Fsp3) is 0.565. The van der Waals surface area contributed by atoms with Crippen LogP contribution in [0, 0.1) is 29.6 Å². The molecule has 2 aliphatic rings. The van der Waals surface area contributed by atoms with Gasteiger partial charge in [0, 0.05) is 67.9 Å². The van der Waals surface area contributed by atoms with E-state index in [-0.39, 0.29) is 0 Å². The van der Waals surface area contributed by atoms with Crippen LogP contribution in [0.2, 0.25) is 0 Å². The quantitative estimate of drug-likeness (QED) is 0.141. The van der Waals surface area contributed by atoms with Crippen molar-refractivity contribution in [2.75, 3.05) is 13.2 Å². The molecule has 0 atom stereocenters. The first-order chi connectivity index (χ1) is 33.9. The van der Waals surface area contributed by atoms with Crippen LogP contribution >= 0.6 is 11.5 Å². The Bertz CT molecular complexity index is 1840. The Kier molecular flexibility index (Phi) is 36.1. The van der Waals surface area contributed by atoms with E-state index < -0.39 is 0 Å². The van der Waals surface area contributed by atoms with Crippen molar-refractivity contribution in [3.8, 4) is 0 Å². The van der Waals surface area contributed by atoms with Crippen molar-refractivity contribution in [1.29, 1.82) is 0 Å². The second kappa shape index (κ2) is 39.8. The first kappa shape index (κ1) is 64.3. The zero-order valence-corrected chi connectivity index (χ0v) is 48.0. The molecule has 0 radical (unpaired) electrons. The van der Waals surface area contributed by atoms with Gasteiger partial charge in [0.05, 0.1) is 5.69 Å². The lowest BCUT2D eigenvalue weighted by atomic mass is 9.89. The Morgan fingerprint density at radius 2 is 1.00 bits per heavy atom. The van der Waals surface area contributed by atoms with E-state index in [0.717, 1.165) is 65.0 Å². The van der Waals surface area contributed by atoms with Gasteiger partial charge in [-0.1, -0.05) is 203 Å². The van der Waals surface area contributed by atoms with Crippen LogP contribution in [-0.4, -0.2) is 47.5 Å². The summed E-state index contributed by atoms with van der Waals surface area (Å²) in [6.07, 6.45) is 21.9. The monoisotopic (exact) mass is 988 g/mol. The van der Waals surface area contributed by atoms with Crippen LogP contribution in [-0.2, 0) is 11.2 Å². The molecule has 8 rings (SSSR count). The van der Waals surface area contributed by atoms with E-state index in [1.807, 2.05) is 36.5 Å². The molecule has 0 unspecified atom stereocenters. The van der Waals surface area contributed by atoms with E-state index in [2.05, 4.69) is 200 Å². The summed E-state index contributed by atoms with van der Waals surface area (Å²) in [7, 11) is 0. The average molecular weight is 989 g/mol. The van der Waals surface area contributed by atoms with Crippen molar-refractivity contribution in [3.05, 3.63) is 162 Å². The summed E-state index contributed by atoms with van der Waals surface area (Å²) in [6, 6.07) is 29.0. The van der Waals surface area contributed by atoms with E-state index in [4.69, 9.17) is 4.74 Å². The molecule has 1 saturated heterocycles. The van der Waals surface area contributed by atoms with E-state index in [1.165, 1.54) is 67.6 Å². The van der Waals surface area contributed by atoms with Gasteiger partial charge in [0.15, 0.2) is 0 Å². The molecular formula is C62H97N7OS. The molecule has 0 N–H and O–H groups in total. The molecule has 71 heavy (non-hydrogen) atoms. The highest BCUT2D eigenvalue weighted by atomic mass is 32.1. The number of nitrogens with zero attached hydrogens (tertiary/aromatic N) is 7. The van der Waals surface area contributed by atoms with Gasteiger partial charge < -0.3 is 4.74 Å². The second-order valence-electron chi connectivity index (χ2n) is 21.0. The fourth-order valence-corrected chi connectivity index (χ4v) is 7.81. The van der Waals surface area contributed by atoms with Gasteiger partial charge in [0.25, 0.3) is 0 Å². The molecule has 0 bridgehead atoms. The van der Waals surface area contributed by atoms with Crippen LogP contribution < -0.4 is 0 Å². The van der Waals surface area contributed by atoms with Crippen LogP contribution in [0.15, 0.2) is 128 Å². The number of aromatic nitrogens is 7. The minimum Gasteiger partial charge on any atom is -0.381 e. The predicted octanol–water partition coefficient (Wildman–Crippen LogP) is 17.7. The largest absolute Gasteiger partial charge is 0.381 e. The van der Waals surface area contributed by atoms with Gasteiger partial charge in [-0.15, -0.1) is 0 Å². The van der Waals surface area contributed by atoms with E-state index in [1.54, 1.807) is 37.3 Å². The maximum Gasteiger partial charge on any atom is 0.130 e.